The van der Waals surface area contributed by atoms with Gasteiger partial charge in [-0.1, -0.05) is 13.8 Å². The number of nitrogens with two attached hydrogens (primary N) is 1. The molecule has 1 fully saturated rings. The van der Waals surface area contributed by atoms with Gasteiger partial charge in [0.05, 0.1) is 29.0 Å². The molecule has 144 valence electrons. The summed E-state index contributed by atoms with van der Waals surface area (Å²) in [7, 11) is 0. The summed E-state index contributed by atoms with van der Waals surface area (Å²) in [5.74, 6) is -0.977. The van der Waals surface area contributed by atoms with Crippen molar-refractivity contribution in [3.63, 3.8) is 0 Å². The maximum Gasteiger partial charge on any atom is 0.335 e. The van der Waals surface area contributed by atoms with Gasteiger partial charge >= 0.3 is 5.97 Å². The lowest BCUT2D eigenvalue weighted by atomic mass is 9.93. The molecule has 0 spiro atoms. The summed E-state index contributed by atoms with van der Waals surface area (Å²) < 4.78 is 2.12. The fourth-order valence-corrected chi connectivity index (χ4v) is 2.66. The van der Waals surface area contributed by atoms with Gasteiger partial charge in [-0.15, -0.1) is 0 Å². The second-order valence-corrected chi connectivity index (χ2v) is 5.99. The number of nitrogen functional groups attached to an aromatic ring is 1. The second kappa shape index (κ2) is 9.59. The standard InChI is InChI=1S/C11H13N3.C7H7NO3.C2H6/c12-9-5-4-8-7-13-14(11(8)6-9)10-2-1-3-10;9-7(10)5-1-3-6(8-11)4-2-5;1-2/h4-7,10H,1-3,12H2;1-4,8,11H,(H,9,10);1-2H3. The molecule has 5 N–H and O–H groups in total. The highest BCUT2D eigenvalue weighted by atomic mass is 16.5. The minimum atomic E-state index is -0.977. The van der Waals surface area contributed by atoms with Crippen molar-refractivity contribution in [2.45, 2.75) is 39.2 Å². The number of hydrogen-bond donors (Lipinski definition) is 4. The van der Waals surface area contributed by atoms with E-state index in [0.717, 1.165) is 5.69 Å². The molecule has 0 aliphatic heterocycles. The van der Waals surface area contributed by atoms with Crippen molar-refractivity contribution in [1.29, 1.82) is 0 Å². The van der Waals surface area contributed by atoms with Crippen LogP contribution >= 0.6 is 0 Å². The maximum atomic E-state index is 10.3. The summed E-state index contributed by atoms with van der Waals surface area (Å²) in [4.78, 5) is 10.3. The number of aromatic carboxylic acids is 1. The fourth-order valence-electron chi connectivity index (χ4n) is 2.66. The fraction of sp³-hybridized carbons (Fsp3) is 0.300. The Morgan fingerprint density at radius 3 is 2.37 bits per heavy atom. The van der Waals surface area contributed by atoms with Crippen molar-refractivity contribution in [2.24, 2.45) is 0 Å². The van der Waals surface area contributed by atoms with E-state index in [1.54, 1.807) is 0 Å². The van der Waals surface area contributed by atoms with Crippen LogP contribution in [-0.2, 0) is 0 Å². The average Bonchev–Trinajstić information content (AvgIpc) is 3.05. The highest BCUT2D eigenvalue weighted by Gasteiger charge is 2.21. The Labute approximate surface area is 158 Å². The first kappa shape index (κ1) is 20.3. The summed E-state index contributed by atoms with van der Waals surface area (Å²) in [6.45, 7) is 4.00. The highest BCUT2D eigenvalue weighted by molar-refractivity contribution is 5.88. The van der Waals surface area contributed by atoms with E-state index in [0.29, 0.717) is 11.7 Å². The van der Waals surface area contributed by atoms with Crippen molar-refractivity contribution in [3.8, 4) is 0 Å². The lowest BCUT2D eigenvalue weighted by molar-refractivity contribution is 0.0697. The van der Waals surface area contributed by atoms with Gasteiger partial charge in [0.25, 0.3) is 0 Å². The van der Waals surface area contributed by atoms with Crippen LogP contribution in [0.25, 0.3) is 10.9 Å². The summed E-state index contributed by atoms with van der Waals surface area (Å²) in [6, 6.07) is 12.3. The molecule has 0 saturated heterocycles. The molecular formula is C20H26N4O3. The maximum absolute atomic E-state index is 10.3. The van der Waals surface area contributed by atoms with Crippen LogP contribution in [0.2, 0.25) is 0 Å². The predicted octanol–water partition coefficient (Wildman–Crippen LogP) is 4.56. The Morgan fingerprint density at radius 2 is 1.85 bits per heavy atom. The van der Waals surface area contributed by atoms with Crippen LogP contribution < -0.4 is 11.2 Å². The number of aromatic nitrogens is 2. The number of rotatable bonds is 3. The minimum Gasteiger partial charge on any atom is -0.478 e. The van der Waals surface area contributed by atoms with Gasteiger partial charge in [0, 0.05) is 11.1 Å². The van der Waals surface area contributed by atoms with E-state index < -0.39 is 5.97 Å². The zero-order chi connectivity index (χ0) is 19.8. The Morgan fingerprint density at radius 1 is 1.19 bits per heavy atom. The molecule has 1 heterocycles. The van der Waals surface area contributed by atoms with Gasteiger partial charge in [0.1, 0.15) is 0 Å². The third-order valence-electron chi connectivity index (χ3n) is 4.30. The van der Waals surface area contributed by atoms with Gasteiger partial charge in [0.2, 0.25) is 0 Å². The van der Waals surface area contributed by atoms with Gasteiger partial charge in [-0.25, -0.2) is 4.79 Å². The van der Waals surface area contributed by atoms with Gasteiger partial charge in [-0.3, -0.25) is 15.4 Å². The van der Waals surface area contributed by atoms with Crippen LogP contribution in [0.3, 0.4) is 0 Å². The lowest BCUT2D eigenvalue weighted by Gasteiger charge is -2.26. The molecule has 4 rings (SSSR count). The lowest BCUT2D eigenvalue weighted by Crippen LogP contribution is -2.17. The molecule has 3 aromatic rings. The normalized spacial score (nSPS) is 12.9. The molecule has 0 amide bonds. The van der Waals surface area contributed by atoms with E-state index in [9.17, 15) is 4.79 Å². The zero-order valence-electron chi connectivity index (χ0n) is 15.6. The number of carbonyl (C=O) groups is 1. The van der Waals surface area contributed by atoms with E-state index in [4.69, 9.17) is 16.0 Å². The van der Waals surface area contributed by atoms with Gasteiger partial charge < -0.3 is 10.8 Å². The molecule has 7 nitrogen and oxygen atoms in total. The zero-order valence-corrected chi connectivity index (χ0v) is 15.6. The van der Waals surface area contributed by atoms with Gasteiger partial charge in [-0.05, 0) is 61.7 Å². The van der Waals surface area contributed by atoms with Crippen LogP contribution in [0.1, 0.15) is 49.5 Å². The topological polar surface area (TPSA) is 113 Å². The number of hydrogen-bond acceptors (Lipinski definition) is 5. The molecule has 2 aromatic carbocycles. The van der Waals surface area contributed by atoms with Crippen molar-refractivity contribution < 1.29 is 15.1 Å². The van der Waals surface area contributed by atoms with Crippen molar-refractivity contribution in [1.82, 2.24) is 9.78 Å². The number of carboxylic acids is 1. The summed E-state index contributed by atoms with van der Waals surface area (Å²) >= 11 is 0. The summed E-state index contributed by atoms with van der Waals surface area (Å²) in [6.07, 6.45) is 5.76. The number of nitrogens with zero attached hydrogens (tertiary/aromatic N) is 2. The minimum absolute atomic E-state index is 0.198. The number of fused-ring (bicyclic) bond motifs is 1. The third kappa shape index (κ3) is 4.98. The number of benzene rings is 2. The summed E-state index contributed by atoms with van der Waals surface area (Å²) in [5.41, 5.74) is 10.3. The highest BCUT2D eigenvalue weighted by Crippen LogP contribution is 2.33. The molecule has 0 unspecified atom stereocenters. The molecule has 0 radical (unpaired) electrons. The Balaban J connectivity index is 0.000000183. The van der Waals surface area contributed by atoms with E-state index >= 15 is 0 Å². The number of anilines is 2. The molecule has 0 bridgehead atoms. The molecule has 27 heavy (non-hydrogen) atoms. The van der Waals surface area contributed by atoms with E-state index in [1.165, 1.54) is 54.4 Å². The van der Waals surface area contributed by atoms with E-state index in [-0.39, 0.29) is 5.56 Å². The Kier molecular flexibility index (Phi) is 7.19. The van der Waals surface area contributed by atoms with Crippen LogP contribution in [-0.4, -0.2) is 26.1 Å². The van der Waals surface area contributed by atoms with Gasteiger partial charge in [-0.2, -0.15) is 5.10 Å². The van der Waals surface area contributed by atoms with E-state index in [2.05, 4.69) is 9.78 Å². The molecule has 1 aliphatic rings. The number of nitrogens with one attached hydrogen (secondary N) is 1. The Hall–Kier alpha value is -3.06. The van der Waals surface area contributed by atoms with Crippen molar-refractivity contribution in [3.05, 3.63) is 54.2 Å². The molecule has 0 atom stereocenters. The SMILES string of the molecule is CC.Nc1ccc2cnn(C3CCC3)c2c1.O=C(O)c1ccc(NO)cc1. The van der Waals surface area contributed by atoms with Gasteiger partial charge in [0.15, 0.2) is 0 Å². The smallest absolute Gasteiger partial charge is 0.335 e. The molecule has 1 saturated carbocycles. The first-order valence-corrected chi connectivity index (χ1v) is 9.04. The Bertz CT molecular complexity index is 871. The van der Waals surface area contributed by atoms with Crippen LogP contribution in [0.5, 0.6) is 0 Å². The van der Waals surface area contributed by atoms with Crippen LogP contribution in [0, 0.1) is 0 Å². The summed E-state index contributed by atoms with van der Waals surface area (Å²) in [5, 5.41) is 22.4. The quantitative estimate of drug-likeness (QED) is 0.397. The second-order valence-electron chi connectivity index (χ2n) is 5.99. The van der Waals surface area contributed by atoms with E-state index in [1.807, 2.05) is 43.7 Å². The average molecular weight is 370 g/mol. The molecule has 7 heteroatoms. The third-order valence-corrected chi connectivity index (χ3v) is 4.30. The van der Waals surface area contributed by atoms with Crippen LogP contribution in [0.4, 0.5) is 11.4 Å². The molecule has 1 aromatic heterocycles. The monoisotopic (exact) mass is 370 g/mol. The van der Waals surface area contributed by atoms with Crippen molar-refractivity contribution in [2.75, 3.05) is 11.2 Å². The number of carboxylic acid groups (broad SMARTS) is 1. The molecule has 1 aliphatic carbocycles. The first-order chi connectivity index (χ1) is 13.1. The van der Waals surface area contributed by atoms with Crippen LogP contribution in [0.15, 0.2) is 48.7 Å². The predicted molar refractivity (Wildman–Crippen MR) is 107 cm³/mol. The first-order valence-electron chi connectivity index (χ1n) is 9.04. The molecular weight excluding hydrogens is 344 g/mol. The largest absolute Gasteiger partial charge is 0.478 e. The van der Waals surface area contributed by atoms with Crippen molar-refractivity contribution >= 4 is 28.2 Å².